The number of amides is 1. The fourth-order valence-corrected chi connectivity index (χ4v) is 1.82. The molecule has 0 fully saturated rings. The number of hydrogen-bond donors (Lipinski definition) is 1. The van der Waals surface area contributed by atoms with Crippen LogP contribution in [-0.4, -0.2) is 12.5 Å². The molecule has 0 aliphatic heterocycles. The normalized spacial score (nSPS) is 10.4. The number of hydrogen-bond acceptors (Lipinski definition) is 1. The molecule has 0 aromatic heterocycles. The summed E-state index contributed by atoms with van der Waals surface area (Å²) in [5.41, 5.74) is 0. The summed E-state index contributed by atoms with van der Waals surface area (Å²) in [7, 11) is 0. The van der Waals surface area contributed by atoms with Gasteiger partial charge in [0.05, 0.1) is 0 Å². The van der Waals surface area contributed by atoms with E-state index in [0.29, 0.717) is 13.0 Å². The maximum Gasteiger partial charge on any atom is 0.219 e. The lowest BCUT2D eigenvalue weighted by Gasteiger charge is -2.02. The van der Waals surface area contributed by atoms with E-state index in [1.807, 2.05) is 0 Å². The van der Waals surface area contributed by atoms with E-state index in [9.17, 15) is 4.79 Å². The van der Waals surface area contributed by atoms with Crippen LogP contribution in [0.2, 0.25) is 0 Å². The van der Waals surface area contributed by atoms with Crippen LogP contribution in [0.4, 0.5) is 0 Å². The van der Waals surface area contributed by atoms with Gasteiger partial charge in [0.15, 0.2) is 0 Å². The maximum atomic E-state index is 11.1. The van der Waals surface area contributed by atoms with Gasteiger partial charge in [-0.05, 0) is 13.3 Å². The zero-order valence-electron chi connectivity index (χ0n) is 10.9. The average Bonchev–Trinajstić information content (AvgIpc) is 2.27. The van der Waals surface area contributed by atoms with Crippen molar-refractivity contribution in [2.75, 3.05) is 6.54 Å². The van der Waals surface area contributed by atoms with Gasteiger partial charge in [-0.3, -0.25) is 4.79 Å². The minimum absolute atomic E-state index is 0.151. The second-order valence-electron chi connectivity index (χ2n) is 4.43. The van der Waals surface area contributed by atoms with Gasteiger partial charge in [-0.15, -0.1) is 0 Å². The summed E-state index contributed by atoms with van der Waals surface area (Å²) in [5, 5.41) is 2.72. The lowest BCUT2D eigenvalue weighted by molar-refractivity contribution is -0.121. The van der Waals surface area contributed by atoms with Gasteiger partial charge < -0.3 is 5.32 Å². The highest BCUT2D eigenvalue weighted by Gasteiger charge is 1.98. The van der Waals surface area contributed by atoms with Gasteiger partial charge in [-0.25, -0.2) is 0 Å². The van der Waals surface area contributed by atoms with E-state index in [1.165, 1.54) is 51.4 Å². The van der Waals surface area contributed by atoms with Crippen LogP contribution >= 0.6 is 0 Å². The SMILES string of the molecule is [CH2]CNC(=O)CCCCCCCCCCC. The number of rotatable bonds is 11. The molecule has 16 heavy (non-hydrogen) atoms. The van der Waals surface area contributed by atoms with Crippen molar-refractivity contribution < 1.29 is 4.79 Å². The first-order chi connectivity index (χ1) is 7.81. The molecule has 0 atom stereocenters. The number of carbonyl (C=O) groups is 1. The third-order valence-corrected chi connectivity index (χ3v) is 2.83. The smallest absolute Gasteiger partial charge is 0.219 e. The Morgan fingerprint density at radius 1 is 0.938 bits per heavy atom. The molecule has 0 saturated heterocycles. The summed E-state index contributed by atoms with van der Waals surface area (Å²) < 4.78 is 0. The highest BCUT2D eigenvalue weighted by Crippen LogP contribution is 2.10. The predicted molar refractivity (Wildman–Crippen MR) is 70.2 cm³/mol. The standard InChI is InChI=1S/C14H28NO/c1-3-5-6-7-8-9-10-11-12-13-14(16)15-4-2/h2-13H2,1H3,(H,15,16). The van der Waals surface area contributed by atoms with Crippen molar-refractivity contribution in [3.63, 3.8) is 0 Å². The molecular weight excluding hydrogens is 198 g/mol. The summed E-state index contributed by atoms with van der Waals surface area (Å²) >= 11 is 0. The fraction of sp³-hybridized carbons (Fsp3) is 0.857. The first kappa shape index (κ1) is 15.5. The zero-order valence-corrected chi connectivity index (χ0v) is 10.9. The van der Waals surface area contributed by atoms with E-state index in [0.717, 1.165) is 6.42 Å². The Labute approximate surface area is 101 Å². The largest absolute Gasteiger partial charge is 0.356 e. The molecule has 0 aromatic rings. The Bertz CT molecular complexity index is 157. The number of unbranched alkanes of at least 4 members (excludes halogenated alkanes) is 8. The van der Waals surface area contributed by atoms with Gasteiger partial charge in [0.1, 0.15) is 0 Å². The van der Waals surface area contributed by atoms with E-state index >= 15 is 0 Å². The molecule has 0 heterocycles. The molecular formula is C14H28NO. The third kappa shape index (κ3) is 11.5. The van der Waals surface area contributed by atoms with Gasteiger partial charge in [-0.2, -0.15) is 0 Å². The Morgan fingerprint density at radius 3 is 1.94 bits per heavy atom. The monoisotopic (exact) mass is 226 g/mol. The van der Waals surface area contributed by atoms with Crippen LogP contribution in [0.5, 0.6) is 0 Å². The average molecular weight is 226 g/mol. The molecule has 0 bridgehead atoms. The van der Waals surface area contributed by atoms with E-state index in [2.05, 4.69) is 19.2 Å². The third-order valence-electron chi connectivity index (χ3n) is 2.83. The van der Waals surface area contributed by atoms with Crippen LogP contribution in [0.25, 0.3) is 0 Å². The molecule has 0 unspecified atom stereocenters. The Kier molecular flexibility index (Phi) is 12.1. The van der Waals surface area contributed by atoms with Crippen LogP contribution in [0.3, 0.4) is 0 Å². The van der Waals surface area contributed by atoms with Crippen molar-refractivity contribution in [1.29, 1.82) is 0 Å². The van der Waals surface area contributed by atoms with E-state index in [-0.39, 0.29) is 5.91 Å². The van der Waals surface area contributed by atoms with Crippen molar-refractivity contribution in [2.24, 2.45) is 0 Å². The fourth-order valence-electron chi connectivity index (χ4n) is 1.82. The summed E-state index contributed by atoms with van der Waals surface area (Å²) in [4.78, 5) is 11.1. The Balaban J connectivity index is 3.01. The molecule has 0 rings (SSSR count). The number of nitrogens with one attached hydrogen (secondary N) is 1. The maximum absolute atomic E-state index is 11.1. The number of carbonyl (C=O) groups excluding carboxylic acids is 1. The summed E-state index contributed by atoms with van der Waals surface area (Å²) in [6.07, 6.45) is 12.4. The van der Waals surface area contributed by atoms with Gasteiger partial charge in [0, 0.05) is 13.0 Å². The molecule has 0 aromatic carbocycles. The quantitative estimate of drug-likeness (QED) is 0.533. The molecule has 2 nitrogen and oxygen atoms in total. The van der Waals surface area contributed by atoms with Gasteiger partial charge >= 0.3 is 0 Å². The molecule has 0 spiro atoms. The van der Waals surface area contributed by atoms with Crippen molar-refractivity contribution >= 4 is 5.91 Å². The van der Waals surface area contributed by atoms with E-state index in [4.69, 9.17) is 0 Å². The minimum atomic E-state index is 0.151. The second-order valence-corrected chi connectivity index (χ2v) is 4.43. The molecule has 95 valence electrons. The summed E-state index contributed by atoms with van der Waals surface area (Å²) in [5.74, 6) is 0.151. The molecule has 1 amide bonds. The van der Waals surface area contributed by atoms with E-state index < -0.39 is 0 Å². The van der Waals surface area contributed by atoms with Crippen LogP contribution in [-0.2, 0) is 4.79 Å². The van der Waals surface area contributed by atoms with Crippen molar-refractivity contribution in [2.45, 2.75) is 71.1 Å². The highest BCUT2D eigenvalue weighted by atomic mass is 16.1. The van der Waals surface area contributed by atoms with Gasteiger partial charge in [0.2, 0.25) is 5.91 Å². The molecule has 2 heteroatoms. The van der Waals surface area contributed by atoms with Gasteiger partial charge in [0.25, 0.3) is 0 Å². The first-order valence-electron chi connectivity index (χ1n) is 6.87. The second kappa shape index (κ2) is 12.5. The van der Waals surface area contributed by atoms with Crippen LogP contribution in [0.15, 0.2) is 0 Å². The van der Waals surface area contributed by atoms with Crippen molar-refractivity contribution in [3.8, 4) is 0 Å². The lowest BCUT2D eigenvalue weighted by atomic mass is 10.1. The van der Waals surface area contributed by atoms with Crippen LogP contribution in [0.1, 0.15) is 71.1 Å². The van der Waals surface area contributed by atoms with Crippen molar-refractivity contribution in [1.82, 2.24) is 5.32 Å². The molecule has 0 aliphatic carbocycles. The Morgan fingerprint density at radius 2 is 1.44 bits per heavy atom. The molecule has 0 saturated carbocycles. The lowest BCUT2D eigenvalue weighted by Crippen LogP contribution is -2.22. The Hall–Kier alpha value is -0.530. The topological polar surface area (TPSA) is 29.1 Å². The van der Waals surface area contributed by atoms with E-state index in [1.54, 1.807) is 0 Å². The zero-order chi connectivity index (χ0) is 12.1. The van der Waals surface area contributed by atoms with Crippen molar-refractivity contribution in [3.05, 3.63) is 6.92 Å². The minimum Gasteiger partial charge on any atom is -0.356 e. The summed E-state index contributed by atoms with van der Waals surface area (Å²) in [6.45, 7) is 6.34. The molecule has 0 aliphatic rings. The van der Waals surface area contributed by atoms with Crippen LogP contribution in [0, 0.1) is 6.92 Å². The molecule has 1 N–H and O–H groups in total. The predicted octanol–water partition coefficient (Wildman–Crippen LogP) is 3.86. The van der Waals surface area contributed by atoms with Crippen LogP contribution < -0.4 is 5.32 Å². The molecule has 1 radical (unpaired) electrons. The van der Waals surface area contributed by atoms with Gasteiger partial charge in [-0.1, -0.05) is 58.3 Å². The first-order valence-corrected chi connectivity index (χ1v) is 6.87. The summed E-state index contributed by atoms with van der Waals surface area (Å²) in [6, 6.07) is 0. The highest BCUT2D eigenvalue weighted by molar-refractivity contribution is 5.75.